The van der Waals surface area contributed by atoms with Gasteiger partial charge >= 0.3 is 0 Å². The minimum absolute atomic E-state index is 0.0442. The maximum atomic E-state index is 12.7. The number of halogens is 1. The van der Waals surface area contributed by atoms with Gasteiger partial charge in [0.15, 0.2) is 0 Å². The summed E-state index contributed by atoms with van der Waals surface area (Å²) < 4.78 is 23.4. The summed E-state index contributed by atoms with van der Waals surface area (Å²) in [5.74, 6) is 0.180. The van der Waals surface area contributed by atoms with Crippen LogP contribution in [0.1, 0.15) is 6.42 Å². The Hall–Kier alpha value is -1.29. The van der Waals surface area contributed by atoms with E-state index in [0.717, 1.165) is 6.42 Å². The third-order valence-electron chi connectivity index (χ3n) is 2.15. The molecular formula is C10H12FNO2. The van der Waals surface area contributed by atoms with Crippen LogP contribution in [0.5, 0.6) is 5.75 Å². The van der Waals surface area contributed by atoms with E-state index < -0.39 is 0 Å². The third-order valence-corrected chi connectivity index (χ3v) is 2.15. The van der Waals surface area contributed by atoms with Crippen LogP contribution in [-0.2, 0) is 4.74 Å². The molecule has 1 heterocycles. The first-order chi connectivity index (χ1) is 6.75. The van der Waals surface area contributed by atoms with Crippen LogP contribution < -0.4 is 10.5 Å². The highest BCUT2D eigenvalue weighted by Crippen LogP contribution is 2.24. The molecule has 1 aromatic rings. The number of benzene rings is 1. The van der Waals surface area contributed by atoms with E-state index in [1.54, 1.807) is 6.07 Å². The second kappa shape index (κ2) is 3.84. The fourth-order valence-corrected chi connectivity index (χ4v) is 1.41. The van der Waals surface area contributed by atoms with Gasteiger partial charge in [0.1, 0.15) is 17.7 Å². The number of hydrogen-bond donors (Lipinski definition) is 1. The van der Waals surface area contributed by atoms with Gasteiger partial charge in [-0.3, -0.25) is 0 Å². The summed E-state index contributed by atoms with van der Waals surface area (Å²) in [6, 6.07) is 4.13. The van der Waals surface area contributed by atoms with Crippen LogP contribution in [0, 0.1) is 5.82 Å². The molecule has 3 nitrogen and oxygen atoms in total. The molecule has 1 saturated heterocycles. The van der Waals surface area contributed by atoms with Crippen molar-refractivity contribution in [3.05, 3.63) is 24.0 Å². The molecule has 2 rings (SSSR count). The molecule has 1 aliphatic heterocycles. The Kier molecular flexibility index (Phi) is 2.54. The van der Waals surface area contributed by atoms with Crippen LogP contribution in [0.15, 0.2) is 18.2 Å². The van der Waals surface area contributed by atoms with Crippen molar-refractivity contribution in [2.24, 2.45) is 0 Å². The fraction of sp³-hybridized carbons (Fsp3) is 0.400. The maximum absolute atomic E-state index is 12.7. The van der Waals surface area contributed by atoms with Crippen LogP contribution in [0.3, 0.4) is 0 Å². The molecule has 0 saturated carbocycles. The summed E-state index contributed by atoms with van der Waals surface area (Å²) in [4.78, 5) is 0. The summed E-state index contributed by atoms with van der Waals surface area (Å²) >= 11 is 0. The maximum Gasteiger partial charge on any atom is 0.142 e. The van der Waals surface area contributed by atoms with Gasteiger partial charge in [-0.05, 0) is 12.1 Å². The number of rotatable bonds is 2. The van der Waals surface area contributed by atoms with Crippen molar-refractivity contribution in [1.82, 2.24) is 0 Å². The second-order valence-corrected chi connectivity index (χ2v) is 3.29. The Morgan fingerprint density at radius 2 is 2.36 bits per heavy atom. The topological polar surface area (TPSA) is 44.5 Å². The largest absolute Gasteiger partial charge is 0.486 e. The fourth-order valence-electron chi connectivity index (χ4n) is 1.41. The molecule has 0 aromatic heterocycles. The summed E-state index contributed by atoms with van der Waals surface area (Å²) in [6.07, 6.45) is 0.902. The lowest BCUT2D eigenvalue weighted by Gasteiger charge is -2.13. The van der Waals surface area contributed by atoms with Crippen LogP contribution in [-0.4, -0.2) is 19.3 Å². The number of anilines is 1. The highest BCUT2D eigenvalue weighted by Gasteiger charge is 2.18. The lowest BCUT2D eigenvalue weighted by Crippen LogP contribution is -2.16. The minimum atomic E-state index is -0.350. The van der Waals surface area contributed by atoms with Gasteiger partial charge in [0, 0.05) is 12.5 Å². The molecule has 14 heavy (non-hydrogen) atoms. The number of hydrogen-bond acceptors (Lipinski definition) is 3. The number of nitrogen functional groups attached to an aromatic ring is 1. The van der Waals surface area contributed by atoms with Crippen molar-refractivity contribution in [3.8, 4) is 5.75 Å². The van der Waals surface area contributed by atoms with E-state index in [1.165, 1.54) is 12.1 Å². The zero-order valence-corrected chi connectivity index (χ0v) is 7.70. The standard InChI is InChI=1S/C10H12FNO2/c11-7-1-2-10(9(12)5-7)14-8-3-4-13-6-8/h1-2,5,8H,3-4,6,12H2. The Labute approximate surface area is 81.6 Å². The molecule has 4 heteroatoms. The first-order valence-electron chi connectivity index (χ1n) is 4.55. The van der Waals surface area contributed by atoms with Gasteiger partial charge in [-0.1, -0.05) is 0 Å². The SMILES string of the molecule is Nc1cc(F)ccc1OC1CCOC1. The van der Waals surface area contributed by atoms with Crippen molar-refractivity contribution in [2.75, 3.05) is 18.9 Å². The smallest absolute Gasteiger partial charge is 0.142 e. The normalized spacial score (nSPS) is 21.1. The first-order valence-corrected chi connectivity index (χ1v) is 4.55. The molecule has 0 amide bonds. The first kappa shape index (κ1) is 9.27. The quantitative estimate of drug-likeness (QED) is 0.732. The van der Waals surface area contributed by atoms with Gasteiger partial charge in [0.05, 0.1) is 18.9 Å². The van der Waals surface area contributed by atoms with Crippen LogP contribution in [0.2, 0.25) is 0 Å². The predicted molar refractivity (Wildman–Crippen MR) is 50.7 cm³/mol. The van der Waals surface area contributed by atoms with Crippen LogP contribution in [0.25, 0.3) is 0 Å². The third kappa shape index (κ3) is 1.96. The van der Waals surface area contributed by atoms with Gasteiger partial charge in [-0.25, -0.2) is 4.39 Å². The van der Waals surface area contributed by atoms with E-state index >= 15 is 0 Å². The van der Waals surface area contributed by atoms with E-state index in [-0.39, 0.29) is 11.9 Å². The predicted octanol–water partition coefficient (Wildman–Crippen LogP) is 1.58. The van der Waals surface area contributed by atoms with E-state index in [4.69, 9.17) is 15.2 Å². The van der Waals surface area contributed by atoms with Crippen molar-refractivity contribution in [1.29, 1.82) is 0 Å². The minimum Gasteiger partial charge on any atom is -0.486 e. The zero-order chi connectivity index (χ0) is 9.97. The second-order valence-electron chi connectivity index (χ2n) is 3.29. The van der Waals surface area contributed by atoms with Gasteiger partial charge < -0.3 is 15.2 Å². The molecular weight excluding hydrogens is 185 g/mol. The lowest BCUT2D eigenvalue weighted by molar-refractivity contribution is 0.142. The molecule has 76 valence electrons. The molecule has 1 atom stereocenters. The molecule has 0 bridgehead atoms. The Morgan fingerprint density at radius 1 is 1.50 bits per heavy atom. The monoisotopic (exact) mass is 197 g/mol. The summed E-state index contributed by atoms with van der Waals surface area (Å²) in [6.45, 7) is 1.29. The zero-order valence-electron chi connectivity index (χ0n) is 7.70. The summed E-state index contributed by atoms with van der Waals surface area (Å²) in [5.41, 5.74) is 5.92. The van der Waals surface area contributed by atoms with E-state index in [0.29, 0.717) is 24.7 Å². The molecule has 1 unspecified atom stereocenters. The average Bonchev–Trinajstić information content (AvgIpc) is 2.62. The Bertz CT molecular complexity index is 324. The molecule has 0 spiro atoms. The van der Waals surface area contributed by atoms with Crippen molar-refractivity contribution in [2.45, 2.75) is 12.5 Å². The lowest BCUT2D eigenvalue weighted by atomic mass is 10.2. The number of nitrogens with two attached hydrogens (primary N) is 1. The van der Waals surface area contributed by atoms with Gasteiger partial charge in [-0.15, -0.1) is 0 Å². The highest BCUT2D eigenvalue weighted by atomic mass is 19.1. The van der Waals surface area contributed by atoms with Crippen molar-refractivity contribution < 1.29 is 13.9 Å². The van der Waals surface area contributed by atoms with E-state index in [9.17, 15) is 4.39 Å². The molecule has 1 fully saturated rings. The molecule has 2 N–H and O–H groups in total. The Balaban J connectivity index is 2.08. The molecule has 1 aromatic carbocycles. The van der Waals surface area contributed by atoms with Crippen LogP contribution >= 0.6 is 0 Å². The highest BCUT2D eigenvalue weighted by molar-refractivity contribution is 5.52. The van der Waals surface area contributed by atoms with Gasteiger partial charge in [0.2, 0.25) is 0 Å². The summed E-state index contributed by atoms with van der Waals surface area (Å²) in [7, 11) is 0. The number of ether oxygens (including phenoxy) is 2. The van der Waals surface area contributed by atoms with E-state index in [2.05, 4.69) is 0 Å². The van der Waals surface area contributed by atoms with Gasteiger partial charge in [0.25, 0.3) is 0 Å². The van der Waals surface area contributed by atoms with Crippen LogP contribution in [0.4, 0.5) is 10.1 Å². The van der Waals surface area contributed by atoms with Gasteiger partial charge in [-0.2, -0.15) is 0 Å². The summed E-state index contributed by atoms with van der Waals surface area (Å²) in [5, 5.41) is 0. The average molecular weight is 197 g/mol. The molecule has 0 radical (unpaired) electrons. The van der Waals surface area contributed by atoms with Crippen molar-refractivity contribution in [3.63, 3.8) is 0 Å². The van der Waals surface area contributed by atoms with Crippen molar-refractivity contribution >= 4 is 5.69 Å². The molecule has 0 aliphatic carbocycles. The Morgan fingerprint density at radius 3 is 3.00 bits per heavy atom. The van der Waals surface area contributed by atoms with E-state index in [1.807, 2.05) is 0 Å². The molecule has 1 aliphatic rings.